The molecule has 0 aliphatic carbocycles. The van der Waals surface area contributed by atoms with Crippen molar-refractivity contribution in [1.29, 1.82) is 0 Å². The SMILES string of the molecule is COC(=O)N(C)c1ccccc1CO/N=C(\C)c1cccc(Br)c1. The second-order valence-electron chi connectivity index (χ2n) is 5.12. The zero-order valence-electron chi connectivity index (χ0n) is 13.8. The molecule has 0 aliphatic heterocycles. The number of carbonyl (C=O) groups is 1. The van der Waals surface area contributed by atoms with Gasteiger partial charge < -0.3 is 9.57 Å². The largest absolute Gasteiger partial charge is 0.452 e. The maximum atomic E-state index is 11.7. The van der Waals surface area contributed by atoms with Gasteiger partial charge >= 0.3 is 6.09 Å². The highest BCUT2D eigenvalue weighted by molar-refractivity contribution is 9.10. The van der Waals surface area contributed by atoms with Crippen LogP contribution in [0.5, 0.6) is 0 Å². The molecule has 0 spiro atoms. The van der Waals surface area contributed by atoms with Gasteiger partial charge in [0.25, 0.3) is 0 Å². The molecule has 0 radical (unpaired) electrons. The first-order chi connectivity index (χ1) is 11.5. The summed E-state index contributed by atoms with van der Waals surface area (Å²) in [5, 5.41) is 4.16. The van der Waals surface area contributed by atoms with Crippen LogP contribution in [0.15, 0.2) is 58.2 Å². The lowest BCUT2D eigenvalue weighted by Gasteiger charge is -2.18. The molecule has 0 fully saturated rings. The zero-order valence-corrected chi connectivity index (χ0v) is 15.4. The number of ether oxygens (including phenoxy) is 1. The van der Waals surface area contributed by atoms with Crippen LogP contribution in [0.1, 0.15) is 18.1 Å². The van der Waals surface area contributed by atoms with E-state index in [1.165, 1.54) is 12.0 Å². The highest BCUT2D eigenvalue weighted by Crippen LogP contribution is 2.21. The van der Waals surface area contributed by atoms with Crippen LogP contribution >= 0.6 is 15.9 Å². The summed E-state index contributed by atoms with van der Waals surface area (Å²) in [6.07, 6.45) is -0.434. The number of nitrogens with zero attached hydrogens (tertiary/aromatic N) is 2. The lowest BCUT2D eigenvalue weighted by molar-refractivity contribution is 0.130. The summed E-state index contributed by atoms with van der Waals surface area (Å²) in [5.41, 5.74) is 3.32. The van der Waals surface area contributed by atoms with E-state index in [1.807, 2.05) is 55.5 Å². The summed E-state index contributed by atoms with van der Waals surface area (Å²) in [6, 6.07) is 15.3. The molecule has 2 rings (SSSR count). The Morgan fingerprint density at radius 3 is 2.67 bits per heavy atom. The number of methoxy groups -OCH3 is 1. The van der Waals surface area contributed by atoms with Gasteiger partial charge in [0.15, 0.2) is 0 Å². The van der Waals surface area contributed by atoms with Gasteiger partial charge in [-0.3, -0.25) is 4.90 Å². The molecule has 1 amide bonds. The maximum absolute atomic E-state index is 11.7. The van der Waals surface area contributed by atoms with Crippen LogP contribution in [-0.4, -0.2) is 26.0 Å². The fourth-order valence-corrected chi connectivity index (χ4v) is 2.56. The molecule has 0 saturated carbocycles. The van der Waals surface area contributed by atoms with Crippen LogP contribution in [0.25, 0.3) is 0 Å². The Morgan fingerprint density at radius 1 is 1.21 bits per heavy atom. The van der Waals surface area contributed by atoms with Gasteiger partial charge in [0.05, 0.1) is 18.5 Å². The second kappa shape index (κ2) is 8.49. The van der Waals surface area contributed by atoms with Crippen LogP contribution in [0.2, 0.25) is 0 Å². The first-order valence-corrected chi connectivity index (χ1v) is 8.14. The molecular weight excluding hydrogens is 372 g/mol. The summed E-state index contributed by atoms with van der Waals surface area (Å²) in [5.74, 6) is 0. The molecule has 5 nitrogen and oxygen atoms in total. The normalized spacial score (nSPS) is 11.1. The first-order valence-electron chi connectivity index (χ1n) is 7.35. The van der Waals surface area contributed by atoms with Gasteiger partial charge in [-0.25, -0.2) is 4.79 Å². The molecule has 0 aliphatic rings. The Bertz CT molecular complexity index is 747. The van der Waals surface area contributed by atoms with Crippen molar-refractivity contribution in [3.05, 3.63) is 64.1 Å². The summed E-state index contributed by atoms with van der Waals surface area (Å²) in [6.45, 7) is 2.14. The number of halogens is 1. The van der Waals surface area contributed by atoms with E-state index in [-0.39, 0.29) is 6.61 Å². The summed E-state index contributed by atoms with van der Waals surface area (Å²) < 4.78 is 5.73. The van der Waals surface area contributed by atoms with Crippen molar-refractivity contribution >= 4 is 33.4 Å². The number of rotatable bonds is 5. The van der Waals surface area contributed by atoms with Crippen LogP contribution in [-0.2, 0) is 16.2 Å². The quantitative estimate of drug-likeness (QED) is 0.553. The second-order valence-corrected chi connectivity index (χ2v) is 6.03. The number of para-hydroxylation sites is 1. The minimum atomic E-state index is -0.434. The van der Waals surface area contributed by atoms with Crippen LogP contribution < -0.4 is 4.90 Å². The Labute approximate surface area is 150 Å². The molecule has 126 valence electrons. The minimum absolute atomic E-state index is 0.253. The molecule has 0 unspecified atom stereocenters. The lowest BCUT2D eigenvalue weighted by atomic mass is 10.1. The van der Waals surface area contributed by atoms with E-state index in [0.717, 1.165) is 27.0 Å². The van der Waals surface area contributed by atoms with Gasteiger partial charge in [-0.15, -0.1) is 0 Å². The van der Waals surface area contributed by atoms with E-state index in [4.69, 9.17) is 9.57 Å². The third kappa shape index (κ3) is 4.58. The Hall–Kier alpha value is -2.34. The van der Waals surface area contributed by atoms with Gasteiger partial charge in [-0.1, -0.05) is 51.4 Å². The standard InChI is InChI=1S/C18H19BrN2O3/c1-13(14-8-6-9-16(19)11-14)20-24-12-15-7-4-5-10-17(15)21(2)18(22)23-3/h4-11H,12H2,1-3H3/b20-13+. The van der Waals surface area contributed by atoms with Gasteiger partial charge in [-0.2, -0.15) is 0 Å². The highest BCUT2D eigenvalue weighted by atomic mass is 79.9. The predicted molar refractivity (Wildman–Crippen MR) is 98.4 cm³/mol. The average molecular weight is 391 g/mol. The molecular formula is C18H19BrN2O3. The number of oxime groups is 1. The average Bonchev–Trinajstić information content (AvgIpc) is 2.60. The topological polar surface area (TPSA) is 51.1 Å². The zero-order chi connectivity index (χ0) is 17.5. The van der Waals surface area contributed by atoms with E-state index < -0.39 is 6.09 Å². The molecule has 0 heterocycles. The third-order valence-electron chi connectivity index (χ3n) is 3.47. The van der Waals surface area contributed by atoms with Crippen molar-refractivity contribution < 1.29 is 14.4 Å². The van der Waals surface area contributed by atoms with Crippen LogP contribution in [0.3, 0.4) is 0 Å². The smallest absolute Gasteiger partial charge is 0.413 e. The van der Waals surface area contributed by atoms with Gasteiger partial charge in [0.2, 0.25) is 0 Å². The van der Waals surface area contributed by atoms with E-state index in [1.54, 1.807) is 7.05 Å². The van der Waals surface area contributed by atoms with Gasteiger partial charge in [0.1, 0.15) is 6.61 Å². The van der Waals surface area contributed by atoms with Crippen molar-refractivity contribution in [2.45, 2.75) is 13.5 Å². The number of hydrogen-bond acceptors (Lipinski definition) is 4. The van der Waals surface area contributed by atoms with E-state index >= 15 is 0 Å². The first kappa shape index (κ1) is 18.0. The third-order valence-corrected chi connectivity index (χ3v) is 3.96. The minimum Gasteiger partial charge on any atom is -0.452 e. The number of hydrogen-bond donors (Lipinski definition) is 0. The Kier molecular flexibility index (Phi) is 6.37. The van der Waals surface area contributed by atoms with Crippen LogP contribution in [0.4, 0.5) is 10.5 Å². The van der Waals surface area contributed by atoms with E-state index in [9.17, 15) is 4.79 Å². The van der Waals surface area contributed by atoms with Crippen molar-refractivity contribution in [2.24, 2.45) is 5.16 Å². The number of anilines is 1. The molecule has 0 aromatic heterocycles. The molecule has 2 aromatic rings. The molecule has 0 saturated heterocycles. The van der Waals surface area contributed by atoms with Crippen molar-refractivity contribution in [3.8, 4) is 0 Å². The summed E-state index contributed by atoms with van der Waals surface area (Å²) in [7, 11) is 3.00. The highest BCUT2D eigenvalue weighted by Gasteiger charge is 2.14. The monoisotopic (exact) mass is 390 g/mol. The summed E-state index contributed by atoms with van der Waals surface area (Å²) >= 11 is 3.44. The van der Waals surface area contributed by atoms with Crippen molar-refractivity contribution in [3.63, 3.8) is 0 Å². The number of benzene rings is 2. The molecule has 6 heteroatoms. The van der Waals surface area contributed by atoms with Gasteiger partial charge in [0, 0.05) is 22.6 Å². The number of amides is 1. The predicted octanol–water partition coefficient (Wildman–Crippen LogP) is 4.59. The fourth-order valence-electron chi connectivity index (χ4n) is 2.16. The molecule has 24 heavy (non-hydrogen) atoms. The molecule has 0 atom stereocenters. The molecule has 0 bridgehead atoms. The van der Waals surface area contributed by atoms with Gasteiger partial charge in [-0.05, 0) is 25.1 Å². The summed E-state index contributed by atoms with van der Waals surface area (Å²) in [4.78, 5) is 18.6. The lowest BCUT2D eigenvalue weighted by Crippen LogP contribution is -2.26. The van der Waals surface area contributed by atoms with E-state index in [2.05, 4.69) is 21.1 Å². The number of carbonyl (C=O) groups excluding carboxylic acids is 1. The van der Waals surface area contributed by atoms with Crippen molar-refractivity contribution in [2.75, 3.05) is 19.1 Å². The molecule has 0 N–H and O–H groups in total. The fraction of sp³-hybridized carbons (Fsp3) is 0.222. The van der Waals surface area contributed by atoms with E-state index in [0.29, 0.717) is 0 Å². The molecule has 2 aromatic carbocycles. The maximum Gasteiger partial charge on any atom is 0.413 e. The van der Waals surface area contributed by atoms with Crippen LogP contribution in [0, 0.1) is 0 Å². The van der Waals surface area contributed by atoms with Crippen molar-refractivity contribution in [1.82, 2.24) is 0 Å². The Morgan fingerprint density at radius 2 is 1.96 bits per heavy atom. The Balaban J connectivity index is 2.10.